The van der Waals surface area contributed by atoms with Crippen molar-refractivity contribution in [2.75, 3.05) is 44.9 Å². The molecule has 0 radical (unpaired) electrons. The molecule has 2 N–H and O–H groups in total. The summed E-state index contributed by atoms with van der Waals surface area (Å²) in [6.45, 7) is 9.95. The first-order chi connectivity index (χ1) is 21.6. The van der Waals surface area contributed by atoms with E-state index < -0.39 is 26.4 Å². The van der Waals surface area contributed by atoms with Gasteiger partial charge in [0.05, 0.1) is 31.0 Å². The highest BCUT2D eigenvalue weighted by atomic mass is 35.5. The van der Waals surface area contributed by atoms with E-state index in [9.17, 15) is 9.90 Å². The third-order valence-corrected chi connectivity index (χ3v) is 10.6. The lowest BCUT2D eigenvalue weighted by atomic mass is 10.0. The fourth-order valence-electron chi connectivity index (χ4n) is 5.97. The third-order valence-electron chi connectivity index (χ3n) is 8.60. The van der Waals surface area contributed by atoms with E-state index in [2.05, 4.69) is 42.0 Å². The summed E-state index contributed by atoms with van der Waals surface area (Å²) < 4.78 is 30.6. The number of alkyl carbamates (subject to hydrolysis) is 1. The number of aromatic nitrogens is 3. The standard InChI is InChI=1S/C31H42ClN5O7Si/c1-40-31(39)33-20-9-11-36(12-10-20)21-7-5-19(6-8-21)26-22(32)15-23-29(35-26)37(18-41-13-14-45(2,3)4)30(34-23)44-25-17-43-27-24(38)16-42-28(25)27/h5-8,15,20,24-25,27-28,38H,9-14,16-18H2,1-4H3,(H,33,39)/t24?,25?,27-,28-/m1/s1. The van der Waals surface area contributed by atoms with E-state index in [-0.39, 0.29) is 38.2 Å². The van der Waals surface area contributed by atoms with Crippen molar-refractivity contribution < 1.29 is 33.6 Å². The molecular formula is C31H42ClN5O7Si. The first-order valence-corrected chi connectivity index (χ1v) is 19.6. The van der Waals surface area contributed by atoms with Crippen LogP contribution in [0.3, 0.4) is 0 Å². The van der Waals surface area contributed by atoms with E-state index in [4.69, 9.17) is 45.3 Å². The van der Waals surface area contributed by atoms with Gasteiger partial charge in [0.2, 0.25) is 0 Å². The minimum absolute atomic E-state index is 0.112. The van der Waals surface area contributed by atoms with Gasteiger partial charge in [-0.25, -0.2) is 9.78 Å². The van der Waals surface area contributed by atoms with Crippen molar-refractivity contribution in [2.45, 2.75) is 75.7 Å². The molecule has 0 bridgehead atoms. The zero-order valence-electron chi connectivity index (χ0n) is 26.2. The van der Waals surface area contributed by atoms with Crippen LogP contribution in [0.4, 0.5) is 10.5 Å². The Morgan fingerprint density at radius 2 is 1.84 bits per heavy atom. The number of rotatable bonds is 10. The molecule has 14 heteroatoms. The number of aliphatic hydroxyl groups excluding tert-OH is 1. The molecule has 6 rings (SSSR count). The van der Waals surface area contributed by atoms with Gasteiger partial charge < -0.3 is 39.0 Å². The van der Waals surface area contributed by atoms with Gasteiger partial charge in [0, 0.05) is 45.1 Å². The highest BCUT2D eigenvalue weighted by Gasteiger charge is 2.49. The minimum Gasteiger partial charge on any atom is -0.456 e. The smallest absolute Gasteiger partial charge is 0.407 e. The number of aliphatic hydroxyl groups is 1. The molecule has 1 aromatic carbocycles. The van der Waals surface area contributed by atoms with Gasteiger partial charge in [-0.1, -0.05) is 43.4 Å². The van der Waals surface area contributed by atoms with Gasteiger partial charge >= 0.3 is 12.1 Å². The molecule has 1 amide bonds. The lowest BCUT2D eigenvalue weighted by molar-refractivity contribution is 0.00336. The average molecular weight is 660 g/mol. The second kappa shape index (κ2) is 13.4. The Kier molecular flexibility index (Phi) is 9.55. The number of methoxy groups -OCH3 is 1. The molecule has 2 unspecified atom stereocenters. The van der Waals surface area contributed by atoms with Gasteiger partial charge in [-0.15, -0.1) is 0 Å². The molecule has 3 saturated heterocycles. The molecule has 3 aromatic rings. The number of carbonyl (C=O) groups is 1. The van der Waals surface area contributed by atoms with Crippen LogP contribution in [0.25, 0.3) is 22.4 Å². The highest BCUT2D eigenvalue weighted by molar-refractivity contribution is 6.76. The molecule has 5 heterocycles. The number of nitrogens with zero attached hydrogens (tertiary/aromatic N) is 4. The molecule has 2 aromatic heterocycles. The quantitative estimate of drug-likeness (QED) is 0.240. The summed E-state index contributed by atoms with van der Waals surface area (Å²) in [5, 5.41) is 13.6. The summed E-state index contributed by atoms with van der Waals surface area (Å²) in [6.07, 6.45) is -0.577. The first kappa shape index (κ1) is 32.0. The molecule has 3 aliphatic rings. The Bertz CT molecular complexity index is 1490. The molecule has 12 nitrogen and oxygen atoms in total. The van der Waals surface area contributed by atoms with Crippen LogP contribution in [0, 0.1) is 0 Å². The molecule has 4 atom stereocenters. The van der Waals surface area contributed by atoms with E-state index in [0.29, 0.717) is 34.5 Å². The van der Waals surface area contributed by atoms with Gasteiger partial charge in [0.25, 0.3) is 0 Å². The maximum absolute atomic E-state index is 11.6. The van der Waals surface area contributed by atoms with Crippen molar-refractivity contribution in [3.8, 4) is 17.3 Å². The van der Waals surface area contributed by atoms with Crippen molar-refractivity contribution in [1.29, 1.82) is 0 Å². The van der Waals surface area contributed by atoms with Gasteiger partial charge in [-0.2, -0.15) is 4.98 Å². The number of carbonyl (C=O) groups excluding carboxylic acids is 1. The highest BCUT2D eigenvalue weighted by Crippen LogP contribution is 2.35. The average Bonchev–Trinajstić information content (AvgIpc) is 3.69. The Balaban J connectivity index is 1.22. The second-order valence-electron chi connectivity index (χ2n) is 13.1. The number of ether oxygens (including phenoxy) is 5. The fraction of sp³-hybridized carbons (Fsp3) is 0.581. The Morgan fingerprint density at radius 3 is 2.56 bits per heavy atom. The summed E-state index contributed by atoms with van der Waals surface area (Å²) in [5.74, 6) is 0. The topological polar surface area (TPSA) is 129 Å². The summed E-state index contributed by atoms with van der Waals surface area (Å²) in [7, 11) is 0.0984. The van der Waals surface area contributed by atoms with Crippen molar-refractivity contribution in [2.24, 2.45) is 0 Å². The van der Waals surface area contributed by atoms with Crippen molar-refractivity contribution >= 4 is 42.6 Å². The third kappa shape index (κ3) is 7.23. The number of pyridine rings is 1. The number of fused-ring (bicyclic) bond motifs is 2. The number of halogens is 1. The normalized spacial score (nSPS) is 23.8. The van der Waals surface area contributed by atoms with Gasteiger partial charge in [0.15, 0.2) is 11.8 Å². The van der Waals surface area contributed by atoms with Crippen LogP contribution in [0.2, 0.25) is 30.7 Å². The Hall–Kier alpha value is -2.94. The van der Waals surface area contributed by atoms with E-state index in [0.717, 1.165) is 43.2 Å². The Labute approximate surface area is 268 Å². The molecule has 3 fully saturated rings. The molecule has 45 heavy (non-hydrogen) atoms. The first-order valence-electron chi connectivity index (χ1n) is 15.5. The van der Waals surface area contributed by atoms with Crippen molar-refractivity contribution in [1.82, 2.24) is 19.9 Å². The van der Waals surface area contributed by atoms with Crippen LogP contribution >= 0.6 is 11.6 Å². The largest absolute Gasteiger partial charge is 0.456 e. The minimum atomic E-state index is -1.28. The SMILES string of the molecule is COC(=O)NC1CCN(c2ccc(-c3nc4c(cc3Cl)nc(OC3CO[C@@H]5C(O)CO[C@H]35)n4COCC[Si](C)(C)C)cc2)CC1. The second-order valence-corrected chi connectivity index (χ2v) is 19.1. The fourth-order valence-corrected chi connectivity index (χ4v) is 6.98. The number of amides is 1. The predicted molar refractivity (Wildman–Crippen MR) is 173 cm³/mol. The zero-order valence-corrected chi connectivity index (χ0v) is 28.0. The molecule has 244 valence electrons. The van der Waals surface area contributed by atoms with Crippen LogP contribution in [0.5, 0.6) is 6.01 Å². The zero-order chi connectivity index (χ0) is 31.7. The van der Waals surface area contributed by atoms with Crippen LogP contribution in [-0.4, -0.2) is 104 Å². The van der Waals surface area contributed by atoms with Crippen LogP contribution in [-0.2, 0) is 25.7 Å². The number of anilines is 1. The van der Waals surface area contributed by atoms with Crippen molar-refractivity contribution in [3.63, 3.8) is 0 Å². The van der Waals surface area contributed by atoms with Gasteiger partial charge in [-0.05, 0) is 37.1 Å². The van der Waals surface area contributed by atoms with E-state index in [1.54, 1.807) is 6.07 Å². The summed E-state index contributed by atoms with van der Waals surface area (Å²) in [6, 6.07) is 11.5. The molecular weight excluding hydrogens is 618 g/mol. The van der Waals surface area contributed by atoms with Crippen LogP contribution in [0.15, 0.2) is 30.3 Å². The molecule has 3 aliphatic heterocycles. The number of benzene rings is 1. The lowest BCUT2D eigenvalue weighted by Crippen LogP contribution is -2.44. The molecule has 0 saturated carbocycles. The maximum atomic E-state index is 11.6. The summed E-state index contributed by atoms with van der Waals surface area (Å²) >= 11 is 6.79. The predicted octanol–water partition coefficient (Wildman–Crippen LogP) is 4.29. The molecule has 0 aliphatic carbocycles. The number of hydrogen-bond acceptors (Lipinski definition) is 10. The lowest BCUT2D eigenvalue weighted by Gasteiger charge is -2.33. The van der Waals surface area contributed by atoms with Crippen LogP contribution < -0.4 is 15.0 Å². The number of imidazole rings is 1. The van der Waals surface area contributed by atoms with Crippen molar-refractivity contribution in [3.05, 3.63) is 35.4 Å². The van der Waals surface area contributed by atoms with Gasteiger partial charge in [0.1, 0.15) is 30.6 Å². The van der Waals surface area contributed by atoms with Crippen LogP contribution in [0.1, 0.15) is 12.8 Å². The molecule has 0 spiro atoms. The van der Waals surface area contributed by atoms with Gasteiger partial charge in [-0.3, -0.25) is 4.57 Å². The van der Waals surface area contributed by atoms with E-state index >= 15 is 0 Å². The Morgan fingerprint density at radius 1 is 1.11 bits per heavy atom. The van der Waals surface area contributed by atoms with E-state index in [1.807, 2.05) is 16.7 Å². The number of hydrogen-bond donors (Lipinski definition) is 2. The summed E-state index contributed by atoms with van der Waals surface area (Å²) in [5.41, 5.74) is 3.81. The summed E-state index contributed by atoms with van der Waals surface area (Å²) in [4.78, 5) is 23.6. The maximum Gasteiger partial charge on any atom is 0.407 e. The number of nitrogens with one attached hydrogen (secondary N) is 1. The number of piperidine rings is 1. The monoisotopic (exact) mass is 659 g/mol. The van der Waals surface area contributed by atoms with E-state index in [1.165, 1.54) is 7.11 Å².